The lowest BCUT2D eigenvalue weighted by Gasteiger charge is -2.26. The first-order valence-electron chi connectivity index (χ1n) is 10.5. The Labute approximate surface area is 181 Å². The molecule has 0 saturated carbocycles. The molecule has 0 radical (unpaired) electrons. The van der Waals surface area contributed by atoms with Crippen molar-refractivity contribution in [2.75, 3.05) is 6.54 Å². The van der Waals surface area contributed by atoms with Crippen LogP contribution in [-0.2, 0) is 24.0 Å². The van der Waals surface area contributed by atoms with E-state index >= 15 is 0 Å². The second-order valence-corrected chi connectivity index (χ2v) is 10.9. The topological polar surface area (TPSA) is 109 Å². The summed E-state index contributed by atoms with van der Waals surface area (Å²) in [6, 6.07) is -0.783. The van der Waals surface area contributed by atoms with Crippen LogP contribution in [0.1, 0.15) is 88.0 Å². The third-order valence-electron chi connectivity index (χ3n) is 4.75. The van der Waals surface area contributed by atoms with Crippen LogP contribution in [0.5, 0.6) is 0 Å². The molecular weight excluding hydrogens is 384 g/mol. The second kappa shape index (κ2) is 10.8. The van der Waals surface area contributed by atoms with E-state index in [2.05, 4.69) is 10.6 Å². The van der Waals surface area contributed by atoms with Gasteiger partial charge in [0.25, 0.3) is 0 Å². The molecule has 0 saturated heterocycles. The molecule has 7 nitrogen and oxygen atoms in total. The molecule has 2 N–H and O–H groups in total. The van der Waals surface area contributed by atoms with Gasteiger partial charge in [-0.1, -0.05) is 62.3 Å². The van der Waals surface area contributed by atoms with E-state index in [1.807, 2.05) is 20.8 Å². The average Bonchev–Trinajstić information content (AvgIpc) is 2.57. The summed E-state index contributed by atoms with van der Waals surface area (Å²) in [6.45, 7) is 16.0. The number of carbonyl (C=O) groups is 5. The minimum atomic E-state index is -0.783. The summed E-state index contributed by atoms with van der Waals surface area (Å²) in [5.74, 6) is -1.06. The predicted molar refractivity (Wildman–Crippen MR) is 117 cm³/mol. The van der Waals surface area contributed by atoms with Gasteiger partial charge in [0.15, 0.2) is 11.6 Å². The van der Waals surface area contributed by atoms with Gasteiger partial charge in [-0.15, -0.1) is 0 Å². The number of ketones is 3. The summed E-state index contributed by atoms with van der Waals surface area (Å²) < 4.78 is 0. The Morgan fingerprint density at radius 1 is 0.633 bits per heavy atom. The molecule has 30 heavy (non-hydrogen) atoms. The molecule has 172 valence electrons. The van der Waals surface area contributed by atoms with Crippen LogP contribution in [0.25, 0.3) is 0 Å². The number of Topliss-reactive ketones (excluding diaryl/α,β-unsaturated/α-hetero) is 3. The van der Waals surface area contributed by atoms with Crippen LogP contribution < -0.4 is 10.6 Å². The van der Waals surface area contributed by atoms with Gasteiger partial charge in [0.2, 0.25) is 11.8 Å². The molecule has 0 aliphatic carbocycles. The van der Waals surface area contributed by atoms with Crippen molar-refractivity contribution in [3.05, 3.63) is 0 Å². The lowest BCUT2D eigenvalue weighted by molar-refractivity contribution is -0.134. The smallest absolute Gasteiger partial charge is 0.221 e. The summed E-state index contributed by atoms with van der Waals surface area (Å²) >= 11 is 0. The highest BCUT2D eigenvalue weighted by molar-refractivity contribution is 5.94. The quantitative estimate of drug-likeness (QED) is 0.560. The molecule has 0 aromatic rings. The molecule has 0 rings (SSSR count). The van der Waals surface area contributed by atoms with Crippen molar-refractivity contribution >= 4 is 29.2 Å². The lowest BCUT2D eigenvalue weighted by Crippen LogP contribution is -2.46. The number of hydrogen-bond donors (Lipinski definition) is 2. The van der Waals surface area contributed by atoms with Crippen LogP contribution in [0.2, 0.25) is 0 Å². The molecule has 0 aromatic heterocycles. The van der Waals surface area contributed by atoms with E-state index in [1.54, 1.807) is 41.5 Å². The van der Waals surface area contributed by atoms with Crippen LogP contribution >= 0.6 is 0 Å². The van der Waals surface area contributed by atoms with Gasteiger partial charge < -0.3 is 10.6 Å². The van der Waals surface area contributed by atoms with Crippen molar-refractivity contribution < 1.29 is 24.0 Å². The van der Waals surface area contributed by atoms with E-state index in [0.717, 1.165) is 0 Å². The van der Waals surface area contributed by atoms with Crippen molar-refractivity contribution in [3.63, 3.8) is 0 Å². The third-order valence-corrected chi connectivity index (χ3v) is 4.75. The minimum Gasteiger partial charge on any atom is -0.349 e. The van der Waals surface area contributed by atoms with Gasteiger partial charge in [0.1, 0.15) is 5.78 Å². The van der Waals surface area contributed by atoms with Gasteiger partial charge in [-0.05, 0) is 6.42 Å². The number of carbonyl (C=O) groups excluding carboxylic acids is 5. The fourth-order valence-electron chi connectivity index (χ4n) is 2.47. The summed E-state index contributed by atoms with van der Waals surface area (Å²) in [7, 11) is 0. The first-order chi connectivity index (χ1) is 13.4. The van der Waals surface area contributed by atoms with Crippen molar-refractivity contribution in [2.24, 2.45) is 16.2 Å². The highest BCUT2D eigenvalue weighted by atomic mass is 16.2. The molecule has 0 bridgehead atoms. The summed E-state index contributed by atoms with van der Waals surface area (Å²) in [6.07, 6.45) is 0.229. The van der Waals surface area contributed by atoms with E-state index in [0.29, 0.717) is 0 Å². The number of amides is 2. The monoisotopic (exact) mass is 424 g/mol. The van der Waals surface area contributed by atoms with Crippen molar-refractivity contribution in [3.8, 4) is 0 Å². The maximum Gasteiger partial charge on any atom is 0.221 e. The van der Waals surface area contributed by atoms with Crippen LogP contribution in [0.15, 0.2) is 0 Å². The minimum absolute atomic E-state index is 0.0198. The molecule has 1 unspecified atom stereocenters. The zero-order valence-corrected chi connectivity index (χ0v) is 20.2. The fraction of sp³-hybridized carbons (Fsp3) is 0.783. The molecule has 0 aromatic carbocycles. The van der Waals surface area contributed by atoms with Crippen molar-refractivity contribution in [1.29, 1.82) is 0 Å². The third kappa shape index (κ3) is 10.6. The van der Waals surface area contributed by atoms with E-state index in [-0.39, 0.29) is 49.6 Å². The summed E-state index contributed by atoms with van der Waals surface area (Å²) in [5.41, 5.74) is -1.73. The Morgan fingerprint density at radius 2 is 1.10 bits per heavy atom. The van der Waals surface area contributed by atoms with Crippen LogP contribution in [0.4, 0.5) is 0 Å². The standard InChI is InChI=1S/C23H40N2O5/c1-21(2,3)16(26)11-10-15(20(30)23(7,8)9)25-19(29)13-12-18(28)24-14-17(27)22(4,5)6/h15H,10-14H2,1-9H3,(H,24,28)(H,25,29). The predicted octanol–water partition coefficient (Wildman–Crippen LogP) is 2.99. The first kappa shape index (κ1) is 27.9. The lowest BCUT2D eigenvalue weighted by atomic mass is 9.82. The van der Waals surface area contributed by atoms with E-state index < -0.39 is 34.1 Å². The van der Waals surface area contributed by atoms with Crippen LogP contribution in [0.3, 0.4) is 0 Å². The Bertz CT molecular complexity index is 661. The Kier molecular flexibility index (Phi) is 10.1. The SMILES string of the molecule is CC(C)(C)C(=O)CCC(NC(=O)CCC(=O)NCC(=O)C(C)(C)C)C(=O)C(C)(C)C. The first-order valence-corrected chi connectivity index (χ1v) is 10.5. The highest BCUT2D eigenvalue weighted by Gasteiger charge is 2.32. The molecule has 0 aliphatic heterocycles. The molecule has 0 heterocycles. The normalized spacial score (nSPS) is 13.4. The van der Waals surface area contributed by atoms with Gasteiger partial charge in [-0.2, -0.15) is 0 Å². The molecule has 1 atom stereocenters. The van der Waals surface area contributed by atoms with Gasteiger partial charge in [0.05, 0.1) is 12.6 Å². The van der Waals surface area contributed by atoms with Crippen molar-refractivity contribution in [2.45, 2.75) is 94.0 Å². The fourth-order valence-corrected chi connectivity index (χ4v) is 2.47. The van der Waals surface area contributed by atoms with Gasteiger partial charge >= 0.3 is 0 Å². The maximum absolute atomic E-state index is 12.7. The number of nitrogens with one attached hydrogen (secondary N) is 2. The molecule has 0 aliphatic rings. The van der Waals surface area contributed by atoms with E-state index in [1.165, 1.54) is 0 Å². The van der Waals surface area contributed by atoms with Gasteiger partial charge in [0, 0.05) is 35.5 Å². The van der Waals surface area contributed by atoms with Crippen LogP contribution in [-0.4, -0.2) is 41.8 Å². The Morgan fingerprint density at radius 3 is 1.53 bits per heavy atom. The number of rotatable bonds is 10. The molecule has 7 heteroatoms. The summed E-state index contributed by atoms with van der Waals surface area (Å²) in [4.78, 5) is 61.1. The van der Waals surface area contributed by atoms with E-state index in [4.69, 9.17) is 0 Å². The van der Waals surface area contributed by atoms with E-state index in [9.17, 15) is 24.0 Å². The molecule has 0 spiro atoms. The molecular formula is C23H40N2O5. The average molecular weight is 425 g/mol. The maximum atomic E-state index is 12.7. The van der Waals surface area contributed by atoms with Crippen molar-refractivity contribution in [1.82, 2.24) is 10.6 Å². The summed E-state index contributed by atoms with van der Waals surface area (Å²) in [5, 5.41) is 5.21. The highest BCUT2D eigenvalue weighted by Crippen LogP contribution is 2.22. The molecule has 2 amide bonds. The van der Waals surface area contributed by atoms with Gasteiger partial charge in [-0.25, -0.2) is 0 Å². The number of hydrogen-bond acceptors (Lipinski definition) is 5. The van der Waals surface area contributed by atoms with Crippen LogP contribution in [0, 0.1) is 16.2 Å². The van der Waals surface area contributed by atoms with Gasteiger partial charge in [-0.3, -0.25) is 24.0 Å². The molecule has 0 fully saturated rings. The largest absolute Gasteiger partial charge is 0.349 e. The Hall–Kier alpha value is -2.05. The second-order valence-electron chi connectivity index (χ2n) is 10.9. The zero-order valence-electron chi connectivity index (χ0n) is 20.2. The zero-order chi connectivity index (χ0) is 23.9. The Balaban J connectivity index is 4.81.